The molecule has 0 spiro atoms. The van der Waals surface area contributed by atoms with E-state index in [2.05, 4.69) is 10.3 Å². The van der Waals surface area contributed by atoms with Crippen molar-refractivity contribution in [3.63, 3.8) is 0 Å². The number of aromatic nitrogens is 1. The molecule has 0 aliphatic heterocycles. The van der Waals surface area contributed by atoms with Gasteiger partial charge in [0.05, 0.1) is 7.11 Å². The van der Waals surface area contributed by atoms with Crippen molar-refractivity contribution in [1.82, 2.24) is 15.2 Å². The molecule has 1 aromatic carbocycles. The molecule has 0 saturated heterocycles. The largest absolute Gasteiger partial charge is 0.496 e. The lowest BCUT2D eigenvalue weighted by molar-refractivity contribution is 0.206. The van der Waals surface area contributed by atoms with E-state index >= 15 is 0 Å². The van der Waals surface area contributed by atoms with Crippen LogP contribution in [-0.2, 0) is 13.1 Å². The highest BCUT2D eigenvalue weighted by Crippen LogP contribution is 2.28. The Labute approximate surface area is 147 Å². The van der Waals surface area contributed by atoms with Crippen molar-refractivity contribution in [3.8, 4) is 5.75 Å². The molecule has 1 heterocycles. The van der Waals surface area contributed by atoms with E-state index in [-0.39, 0.29) is 6.03 Å². The van der Waals surface area contributed by atoms with Crippen LogP contribution in [0.3, 0.4) is 0 Å². The van der Waals surface area contributed by atoms with E-state index in [1.54, 1.807) is 37.0 Å². The SMILES string of the molecule is COc1cc(CN(C)C(=O)NCc2ccc(C)nc2)ccc1SC. The molecule has 0 unspecified atom stereocenters. The molecule has 2 amide bonds. The molecule has 0 atom stereocenters. The van der Waals surface area contributed by atoms with Crippen LogP contribution < -0.4 is 10.1 Å². The van der Waals surface area contributed by atoms with Gasteiger partial charge in [-0.15, -0.1) is 11.8 Å². The molecule has 2 aromatic rings. The van der Waals surface area contributed by atoms with Crippen LogP contribution in [-0.4, -0.2) is 36.3 Å². The maximum Gasteiger partial charge on any atom is 0.317 e. The summed E-state index contributed by atoms with van der Waals surface area (Å²) < 4.78 is 5.39. The van der Waals surface area contributed by atoms with E-state index in [0.29, 0.717) is 13.1 Å². The van der Waals surface area contributed by atoms with Crippen LogP contribution in [0.5, 0.6) is 5.75 Å². The first-order valence-corrected chi connectivity index (χ1v) is 8.87. The maximum atomic E-state index is 12.2. The minimum atomic E-state index is -0.122. The van der Waals surface area contributed by atoms with Crippen molar-refractivity contribution < 1.29 is 9.53 Å². The number of hydrogen-bond acceptors (Lipinski definition) is 4. The third-order valence-electron chi connectivity index (χ3n) is 3.63. The third kappa shape index (κ3) is 4.89. The summed E-state index contributed by atoms with van der Waals surface area (Å²) in [5, 5.41) is 2.90. The average Bonchev–Trinajstić information content (AvgIpc) is 2.60. The van der Waals surface area contributed by atoms with Gasteiger partial charge in [0.1, 0.15) is 5.75 Å². The number of carbonyl (C=O) groups is 1. The molecule has 6 heteroatoms. The summed E-state index contributed by atoms with van der Waals surface area (Å²) in [6.07, 6.45) is 3.79. The Morgan fingerprint density at radius 2 is 2.04 bits per heavy atom. The number of thioether (sulfide) groups is 1. The van der Waals surface area contributed by atoms with Crippen LogP contribution in [0.4, 0.5) is 4.79 Å². The summed E-state index contributed by atoms with van der Waals surface area (Å²) in [6, 6.07) is 9.78. The van der Waals surface area contributed by atoms with E-state index in [4.69, 9.17) is 4.74 Å². The number of pyridine rings is 1. The fourth-order valence-corrected chi connectivity index (χ4v) is 2.79. The number of methoxy groups -OCH3 is 1. The molecular weight excluding hydrogens is 322 g/mol. The molecule has 0 aliphatic rings. The second-order valence-corrected chi connectivity index (χ2v) is 6.36. The number of nitrogens with one attached hydrogen (secondary N) is 1. The van der Waals surface area contributed by atoms with Crippen LogP contribution in [0.25, 0.3) is 0 Å². The van der Waals surface area contributed by atoms with Gasteiger partial charge in [-0.25, -0.2) is 4.79 Å². The number of carbonyl (C=O) groups excluding carboxylic acids is 1. The minimum absolute atomic E-state index is 0.122. The second kappa shape index (κ2) is 8.59. The third-order valence-corrected chi connectivity index (χ3v) is 4.41. The topological polar surface area (TPSA) is 54.5 Å². The fourth-order valence-electron chi connectivity index (χ4n) is 2.24. The molecule has 2 rings (SSSR count). The van der Waals surface area contributed by atoms with Crippen LogP contribution in [0.1, 0.15) is 16.8 Å². The van der Waals surface area contributed by atoms with E-state index in [1.165, 1.54) is 0 Å². The van der Waals surface area contributed by atoms with Crippen molar-refractivity contribution in [1.29, 1.82) is 0 Å². The number of urea groups is 1. The Bertz CT molecular complexity index is 689. The Morgan fingerprint density at radius 1 is 1.29 bits per heavy atom. The number of amides is 2. The predicted octanol–water partition coefficient (Wildman–Crippen LogP) is 3.46. The van der Waals surface area contributed by atoms with E-state index in [9.17, 15) is 4.79 Å². The highest BCUT2D eigenvalue weighted by atomic mass is 32.2. The summed E-state index contributed by atoms with van der Waals surface area (Å²) in [5.41, 5.74) is 2.97. The smallest absolute Gasteiger partial charge is 0.317 e. The van der Waals surface area contributed by atoms with Crippen LogP contribution >= 0.6 is 11.8 Å². The van der Waals surface area contributed by atoms with E-state index < -0.39 is 0 Å². The Morgan fingerprint density at radius 3 is 2.67 bits per heavy atom. The number of hydrogen-bond donors (Lipinski definition) is 1. The second-order valence-electron chi connectivity index (χ2n) is 5.51. The number of benzene rings is 1. The van der Waals surface area contributed by atoms with Gasteiger partial charge >= 0.3 is 6.03 Å². The molecule has 24 heavy (non-hydrogen) atoms. The molecule has 0 radical (unpaired) electrons. The highest BCUT2D eigenvalue weighted by Gasteiger charge is 2.10. The summed E-state index contributed by atoms with van der Waals surface area (Å²) in [4.78, 5) is 19.2. The molecule has 0 saturated carbocycles. The van der Waals surface area contributed by atoms with Crippen molar-refractivity contribution in [2.75, 3.05) is 20.4 Å². The number of ether oxygens (including phenoxy) is 1. The molecule has 5 nitrogen and oxygen atoms in total. The zero-order valence-electron chi connectivity index (χ0n) is 14.5. The molecule has 0 bridgehead atoms. The first-order chi connectivity index (χ1) is 11.5. The van der Waals surface area contributed by atoms with Crippen molar-refractivity contribution in [2.24, 2.45) is 0 Å². The minimum Gasteiger partial charge on any atom is -0.496 e. The Balaban J connectivity index is 1.92. The Hall–Kier alpha value is -2.21. The first-order valence-electron chi connectivity index (χ1n) is 7.65. The van der Waals surface area contributed by atoms with Gasteiger partial charge < -0.3 is 15.0 Å². The van der Waals surface area contributed by atoms with Crippen LogP contribution in [0, 0.1) is 6.92 Å². The van der Waals surface area contributed by atoms with Gasteiger partial charge in [0.25, 0.3) is 0 Å². The van der Waals surface area contributed by atoms with Gasteiger partial charge in [-0.3, -0.25) is 4.98 Å². The van der Waals surface area contributed by atoms with Crippen molar-refractivity contribution >= 4 is 17.8 Å². The van der Waals surface area contributed by atoms with Gasteiger partial charge in [0.2, 0.25) is 0 Å². The summed E-state index contributed by atoms with van der Waals surface area (Å²) in [7, 11) is 3.43. The van der Waals surface area contributed by atoms with Gasteiger partial charge in [0, 0.05) is 36.9 Å². The summed E-state index contributed by atoms with van der Waals surface area (Å²) in [6.45, 7) is 2.92. The number of nitrogens with zero attached hydrogens (tertiary/aromatic N) is 2. The highest BCUT2D eigenvalue weighted by molar-refractivity contribution is 7.98. The van der Waals surface area contributed by atoms with Crippen molar-refractivity contribution in [3.05, 3.63) is 53.3 Å². The molecule has 1 N–H and O–H groups in total. The lowest BCUT2D eigenvalue weighted by Crippen LogP contribution is -2.36. The van der Waals surface area contributed by atoms with E-state index in [1.807, 2.05) is 43.5 Å². The molecule has 128 valence electrons. The maximum absolute atomic E-state index is 12.2. The van der Waals surface area contributed by atoms with Gasteiger partial charge in [-0.05, 0) is 42.5 Å². The average molecular weight is 345 g/mol. The molecule has 1 aromatic heterocycles. The normalized spacial score (nSPS) is 10.3. The lowest BCUT2D eigenvalue weighted by atomic mass is 10.2. The monoisotopic (exact) mass is 345 g/mol. The molecule has 0 aliphatic carbocycles. The standard InChI is InChI=1S/C18H23N3O2S/c1-13-5-6-15(10-19-13)11-20-18(22)21(2)12-14-7-8-17(24-4)16(9-14)23-3/h5-10H,11-12H2,1-4H3,(H,20,22). The van der Waals surface area contributed by atoms with Crippen LogP contribution in [0.2, 0.25) is 0 Å². The fraction of sp³-hybridized carbons (Fsp3) is 0.333. The number of aryl methyl sites for hydroxylation is 1. The van der Waals surface area contributed by atoms with Gasteiger partial charge in [0.15, 0.2) is 0 Å². The van der Waals surface area contributed by atoms with E-state index in [0.717, 1.165) is 27.5 Å². The van der Waals surface area contributed by atoms with Crippen LogP contribution in [0.15, 0.2) is 41.4 Å². The summed E-state index contributed by atoms with van der Waals surface area (Å²) in [5.74, 6) is 0.833. The summed E-state index contributed by atoms with van der Waals surface area (Å²) >= 11 is 1.64. The van der Waals surface area contributed by atoms with Crippen molar-refractivity contribution in [2.45, 2.75) is 24.9 Å². The van der Waals surface area contributed by atoms with Gasteiger partial charge in [-0.1, -0.05) is 12.1 Å². The van der Waals surface area contributed by atoms with Gasteiger partial charge in [-0.2, -0.15) is 0 Å². The lowest BCUT2D eigenvalue weighted by Gasteiger charge is -2.19. The Kier molecular flexibility index (Phi) is 6.49. The molecular formula is C18H23N3O2S. The zero-order valence-corrected chi connectivity index (χ0v) is 15.3. The first kappa shape index (κ1) is 18.1. The molecule has 0 fully saturated rings. The predicted molar refractivity (Wildman–Crippen MR) is 97.5 cm³/mol. The number of rotatable bonds is 6. The quantitative estimate of drug-likeness (QED) is 0.815. The zero-order chi connectivity index (χ0) is 17.5.